The zero-order valence-corrected chi connectivity index (χ0v) is 10.7. The number of carbonyl (C=O) groups is 2. The van der Waals surface area contributed by atoms with Gasteiger partial charge in [-0.3, -0.25) is 4.79 Å². The molecule has 7 heteroatoms. The summed E-state index contributed by atoms with van der Waals surface area (Å²) in [6, 6.07) is 0.531. The highest BCUT2D eigenvalue weighted by atomic mass is 16.4. The average Bonchev–Trinajstić information content (AvgIpc) is 3.04. The third-order valence-corrected chi connectivity index (χ3v) is 3.30. The quantitative estimate of drug-likeness (QED) is 0.890. The summed E-state index contributed by atoms with van der Waals surface area (Å²) < 4.78 is 10.2. The first-order valence-corrected chi connectivity index (χ1v) is 6.10. The zero-order chi connectivity index (χ0) is 14.3. The van der Waals surface area contributed by atoms with Crippen LogP contribution in [-0.4, -0.2) is 33.4 Å². The van der Waals surface area contributed by atoms with E-state index in [9.17, 15) is 14.7 Å². The highest BCUT2D eigenvalue weighted by Crippen LogP contribution is 2.31. The van der Waals surface area contributed by atoms with Crippen LogP contribution in [0.1, 0.15) is 33.7 Å². The van der Waals surface area contributed by atoms with E-state index in [2.05, 4.69) is 4.98 Å². The smallest absolute Gasteiger partial charge is 0.331 e. The Kier molecular flexibility index (Phi) is 2.81. The zero-order valence-electron chi connectivity index (χ0n) is 10.7. The maximum absolute atomic E-state index is 12.4. The molecule has 1 amide bonds. The molecule has 0 aliphatic carbocycles. The first-order valence-electron chi connectivity index (χ1n) is 6.10. The molecule has 0 bridgehead atoms. The Bertz CT molecular complexity index is 672. The van der Waals surface area contributed by atoms with Crippen molar-refractivity contribution in [2.45, 2.75) is 19.4 Å². The van der Waals surface area contributed by atoms with Crippen molar-refractivity contribution in [2.75, 3.05) is 6.54 Å². The van der Waals surface area contributed by atoms with E-state index >= 15 is 0 Å². The molecule has 1 unspecified atom stereocenters. The first kappa shape index (κ1) is 12.5. The number of rotatable bonds is 2. The fourth-order valence-corrected chi connectivity index (χ4v) is 2.41. The predicted molar refractivity (Wildman–Crippen MR) is 65.1 cm³/mol. The number of aromatic nitrogens is 1. The van der Waals surface area contributed by atoms with Crippen LogP contribution in [0, 0.1) is 6.92 Å². The van der Waals surface area contributed by atoms with Crippen molar-refractivity contribution in [1.29, 1.82) is 0 Å². The van der Waals surface area contributed by atoms with Crippen molar-refractivity contribution >= 4 is 11.9 Å². The topological polar surface area (TPSA) is 96.8 Å². The second-order valence-electron chi connectivity index (χ2n) is 4.54. The van der Waals surface area contributed by atoms with Gasteiger partial charge in [-0.1, -0.05) is 0 Å². The van der Waals surface area contributed by atoms with Crippen LogP contribution >= 0.6 is 0 Å². The van der Waals surface area contributed by atoms with E-state index in [1.54, 1.807) is 13.0 Å². The number of amides is 1. The Balaban J connectivity index is 1.97. The molecule has 0 spiro atoms. The second kappa shape index (κ2) is 4.52. The lowest BCUT2D eigenvalue weighted by Crippen LogP contribution is -2.43. The number of hydrogen-bond donors (Lipinski definition) is 1. The number of fused-ring (bicyclic) bond motifs is 1. The van der Waals surface area contributed by atoms with Gasteiger partial charge in [0, 0.05) is 25.5 Å². The van der Waals surface area contributed by atoms with Crippen LogP contribution in [0.25, 0.3) is 0 Å². The van der Waals surface area contributed by atoms with Crippen molar-refractivity contribution < 1.29 is 23.5 Å². The standard InChI is InChI=1S/C13H12N2O5/c1-7-14-9(6-20-7)12(16)15-4-2-10-8(3-5-19-10)11(15)13(17)18/h3,5-6,11H,2,4H2,1H3,(H,17,18). The van der Waals surface area contributed by atoms with Gasteiger partial charge in [-0.15, -0.1) is 0 Å². The second-order valence-corrected chi connectivity index (χ2v) is 4.54. The van der Waals surface area contributed by atoms with Crippen LogP contribution in [-0.2, 0) is 11.2 Å². The number of aliphatic carboxylic acids is 1. The van der Waals surface area contributed by atoms with Crippen molar-refractivity contribution in [3.63, 3.8) is 0 Å². The van der Waals surface area contributed by atoms with E-state index in [0.717, 1.165) is 0 Å². The Morgan fingerprint density at radius 3 is 2.90 bits per heavy atom. The Labute approximate surface area is 113 Å². The minimum atomic E-state index is -1.10. The molecule has 20 heavy (non-hydrogen) atoms. The van der Waals surface area contributed by atoms with Gasteiger partial charge < -0.3 is 18.8 Å². The lowest BCUT2D eigenvalue weighted by molar-refractivity contribution is -0.143. The third-order valence-electron chi connectivity index (χ3n) is 3.30. The van der Waals surface area contributed by atoms with E-state index in [4.69, 9.17) is 8.83 Å². The van der Waals surface area contributed by atoms with Gasteiger partial charge in [0.15, 0.2) is 17.6 Å². The lowest BCUT2D eigenvalue weighted by atomic mass is 9.99. The summed E-state index contributed by atoms with van der Waals surface area (Å²) in [6.45, 7) is 1.89. The van der Waals surface area contributed by atoms with E-state index < -0.39 is 17.9 Å². The minimum absolute atomic E-state index is 0.112. The molecule has 7 nitrogen and oxygen atoms in total. The maximum Gasteiger partial charge on any atom is 0.331 e. The van der Waals surface area contributed by atoms with Crippen LogP contribution in [0.5, 0.6) is 0 Å². The molecule has 0 radical (unpaired) electrons. The van der Waals surface area contributed by atoms with Gasteiger partial charge in [-0.25, -0.2) is 9.78 Å². The van der Waals surface area contributed by atoms with E-state index in [1.807, 2.05) is 0 Å². The van der Waals surface area contributed by atoms with Crippen molar-refractivity contribution in [1.82, 2.24) is 9.88 Å². The van der Waals surface area contributed by atoms with Gasteiger partial charge in [-0.05, 0) is 6.07 Å². The lowest BCUT2D eigenvalue weighted by Gasteiger charge is -2.31. The van der Waals surface area contributed by atoms with Crippen molar-refractivity contribution in [3.8, 4) is 0 Å². The van der Waals surface area contributed by atoms with Crippen LogP contribution in [0.2, 0.25) is 0 Å². The molecule has 3 heterocycles. The molecule has 104 valence electrons. The van der Waals surface area contributed by atoms with Crippen LogP contribution in [0.3, 0.4) is 0 Å². The molecule has 0 saturated heterocycles. The molecule has 0 fully saturated rings. The molecule has 1 N–H and O–H groups in total. The monoisotopic (exact) mass is 276 g/mol. The molecule has 0 aromatic carbocycles. The molecule has 2 aromatic heterocycles. The molecule has 1 aliphatic heterocycles. The average molecular weight is 276 g/mol. The minimum Gasteiger partial charge on any atom is -0.479 e. The number of oxazole rings is 1. The number of carboxylic acids is 1. The maximum atomic E-state index is 12.4. The third kappa shape index (κ3) is 1.87. The van der Waals surface area contributed by atoms with Gasteiger partial charge in [0.25, 0.3) is 5.91 Å². The van der Waals surface area contributed by atoms with Crippen LogP contribution in [0.15, 0.2) is 27.4 Å². The molecular formula is C13H12N2O5. The number of aryl methyl sites for hydroxylation is 1. The van der Waals surface area contributed by atoms with E-state index in [1.165, 1.54) is 17.4 Å². The molecule has 1 aliphatic rings. The van der Waals surface area contributed by atoms with E-state index in [-0.39, 0.29) is 12.2 Å². The fourth-order valence-electron chi connectivity index (χ4n) is 2.41. The largest absolute Gasteiger partial charge is 0.479 e. The number of carboxylic acid groups (broad SMARTS) is 1. The SMILES string of the molecule is Cc1nc(C(=O)N2CCc3occc3C2C(=O)O)co1. The normalized spacial score (nSPS) is 17.9. The summed E-state index contributed by atoms with van der Waals surface area (Å²) in [5.74, 6) is -0.582. The molecular weight excluding hydrogens is 264 g/mol. The fraction of sp³-hybridized carbons (Fsp3) is 0.308. The Morgan fingerprint density at radius 1 is 1.45 bits per heavy atom. The van der Waals surface area contributed by atoms with Gasteiger partial charge >= 0.3 is 5.97 Å². The predicted octanol–water partition coefficient (Wildman–Crippen LogP) is 1.40. The number of hydrogen-bond acceptors (Lipinski definition) is 5. The number of nitrogens with zero attached hydrogens (tertiary/aromatic N) is 2. The van der Waals surface area contributed by atoms with Gasteiger partial charge in [-0.2, -0.15) is 0 Å². The van der Waals surface area contributed by atoms with Gasteiger partial charge in [0.1, 0.15) is 12.0 Å². The summed E-state index contributed by atoms with van der Waals surface area (Å²) in [5.41, 5.74) is 0.623. The summed E-state index contributed by atoms with van der Waals surface area (Å²) in [6.07, 6.45) is 3.16. The van der Waals surface area contributed by atoms with Gasteiger partial charge in [0.05, 0.1) is 6.26 Å². The Hall–Kier alpha value is -2.57. The highest BCUT2D eigenvalue weighted by Gasteiger charge is 2.38. The number of furan rings is 1. The number of carbonyl (C=O) groups excluding carboxylic acids is 1. The summed E-state index contributed by atoms with van der Waals surface area (Å²) >= 11 is 0. The van der Waals surface area contributed by atoms with Gasteiger partial charge in [0.2, 0.25) is 0 Å². The molecule has 2 aromatic rings. The van der Waals surface area contributed by atoms with E-state index in [0.29, 0.717) is 23.6 Å². The van der Waals surface area contributed by atoms with Crippen molar-refractivity contribution in [2.24, 2.45) is 0 Å². The molecule has 0 saturated carbocycles. The van der Waals surface area contributed by atoms with Crippen LogP contribution in [0.4, 0.5) is 0 Å². The highest BCUT2D eigenvalue weighted by molar-refractivity contribution is 5.95. The Morgan fingerprint density at radius 2 is 2.25 bits per heavy atom. The first-order chi connectivity index (χ1) is 9.58. The van der Waals surface area contributed by atoms with Crippen molar-refractivity contribution in [3.05, 3.63) is 41.5 Å². The summed E-state index contributed by atoms with van der Waals surface area (Å²) in [5, 5.41) is 9.40. The summed E-state index contributed by atoms with van der Waals surface area (Å²) in [4.78, 5) is 29.1. The van der Waals surface area contributed by atoms with Crippen LogP contribution < -0.4 is 0 Å². The summed E-state index contributed by atoms with van der Waals surface area (Å²) in [7, 11) is 0. The molecule has 3 rings (SSSR count). The molecule has 1 atom stereocenters.